The summed E-state index contributed by atoms with van der Waals surface area (Å²) >= 11 is 6.03. The van der Waals surface area contributed by atoms with E-state index in [0.29, 0.717) is 11.3 Å². The number of nitrogens with zero attached hydrogens (tertiary/aromatic N) is 1. The first-order valence-electron chi connectivity index (χ1n) is 5.28. The van der Waals surface area contributed by atoms with Crippen LogP contribution in [0.5, 0.6) is 5.75 Å². The van der Waals surface area contributed by atoms with Gasteiger partial charge >= 0.3 is 7.12 Å². The minimum atomic E-state index is -1.58. The maximum absolute atomic E-state index is 9.15. The molecule has 0 bridgehead atoms. The molecule has 6 heteroatoms. The lowest BCUT2D eigenvalue weighted by atomic mass is 9.80. The van der Waals surface area contributed by atoms with Gasteiger partial charge in [-0.2, -0.15) is 0 Å². The minimum absolute atomic E-state index is 0.278. The lowest BCUT2D eigenvalue weighted by Gasteiger charge is -2.10. The van der Waals surface area contributed by atoms with Gasteiger partial charge in [-0.15, -0.1) is 0 Å². The van der Waals surface area contributed by atoms with Crippen LogP contribution >= 0.6 is 11.6 Å². The van der Waals surface area contributed by atoms with Gasteiger partial charge in [0.25, 0.3) is 0 Å². The molecule has 0 spiro atoms. The Labute approximate surface area is 110 Å². The Bertz CT molecular complexity index is 563. The third kappa shape index (κ3) is 2.48. The van der Waals surface area contributed by atoms with E-state index >= 15 is 0 Å². The van der Waals surface area contributed by atoms with Crippen molar-refractivity contribution in [2.75, 3.05) is 7.11 Å². The molecule has 18 heavy (non-hydrogen) atoms. The Kier molecular flexibility index (Phi) is 3.86. The van der Waals surface area contributed by atoms with E-state index in [-0.39, 0.29) is 10.6 Å². The second-order valence-corrected chi connectivity index (χ2v) is 4.04. The van der Waals surface area contributed by atoms with Crippen molar-refractivity contribution in [3.05, 3.63) is 41.7 Å². The molecule has 92 valence electrons. The summed E-state index contributed by atoms with van der Waals surface area (Å²) in [5.41, 5.74) is 1.63. The van der Waals surface area contributed by atoms with Crippen molar-refractivity contribution in [1.82, 2.24) is 4.98 Å². The second-order valence-electron chi connectivity index (χ2n) is 3.68. The van der Waals surface area contributed by atoms with Crippen LogP contribution in [-0.4, -0.2) is 29.3 Å². The largest absolute Gasteiger partial charge is 0.496 e. The molecule has 1 aromatic heterocycles. The number of ether oxygens (including phenoxy) is 1. The molecule has 0 saturated carbocycles. The summed E-state index contributed by atoms with van der Waals surface area (Å²) in [7, 11) is -0.0199. The zero-order valence-corrected chi connectivity index (χ0v) is 10.4. The minimum Gasteiger partial charge on any atom is -0.496 e. The fourth-order valence-electron chi connectivity index (χ4n) is 1.66. The molecule has 0 saturated heterocycles. The summed E-state index contributed by atoms with van der Waals surface area (Å²) in [6.45, 7) is 0. The van der Waals surface area contributed by atoms with E-state index in [1.54, 1.807) is 19.2 Å². The highest BCUT2D eigenvalue weighted by Crippen LogP contribution is 2.32. The quantitative estimate of drug-likeness (QED) is 0.643. The normalized spacial score (nSPS) is 10.2. The molecule has 4 nitrogen and oxygen atoms in total. The lowest BCUT2D eigenvalue weighted by Crippen LogP contribution is -2.30. The first kappa shape index (κ1) is 12.9. The van der Waals surface area contributed by atoms with E-state index in [4.69, 9.17) is 26.4 Å². The Balaban J connectivity index is 2.59. The number of halogens is 1. The van der Waals surface area contributed by atoms with Crippen LogP contribution in [0.3, 0.4) is 0 Å². The Morgan fingerprint density at radius 2 is 1.94 bits per heavy atom. The van der Waals surface area contributed by atoms with Gasteiger partial charge in [0.2, 0.25) is 0 Å². The standard InChI is InChI=1S/C12H11BClNO3/c1-18-11-5-3-2-4-9(11)10-6-8(13(16)17)7-15-12(10)14/h2-7,16-17H,1H3. The highest BCUT2D eigenvalue weighted by atomic mass is 35.5. The SMILES string of the molecule is COc1ccccc1-c1cc(B(O)O)cnc1Cl. The first-order chi connectivity index (χ1) is 8.63. The fourth-order valence-corrected chi connectivity index (χ4v) is 1.87. The van der Waals surface area contributed by atoms with Crippen molar-refractivity contribution in [3.63, 3.8) is 0 Å². The summed E-state index contributed by atoms with van der Waals surface area (Å²) in [5.74, 6) is 0.644. The summed E-state index contributed by atoms with van der Waals surface area (Å²) in [6, 6.07) is 8.89. The molecule has 2 aromatic rings. The molecular weight excluding hydrogens is 252 g/mol. The average Bonchev–Trinajstić information content (AvgIpc) is 2.39. The van der Waals surface area contributed by atoms with Gasteiger partial charge in [-0.3, -0.25) is 0 Å². The number of aromatic nitrogens is 1. The smallest absolute Gasteiger partial charge is 0.490 e. The summed E-state index contributed by atoms with van der Waals surface area (Å²) in [5, 5.41) is 18.6. The Hall–Kier alpha value is -1.56. The van der Waals surface area contributed by atoms with E-state index in [1.165, 1.54) is 6.20 Å². The molecule has 0 aliphatic heterocycles. The molecule has 1 aromatic carbocycles. The summed E-state index contributed by atoms with van der Waals surface area (Å²) < 4.78 is 5.24. The predicted molar refractivity (Wildman–Crippen MR) is 71.1 cm³/mol. The molecule has 0 unspecified atom stereocenters. The molecule has 0 aliphatic rings. The van der Waals surface area contributed by atoms with Crippen molar-refractivity contribution in [3.8, 4) is 16.9 Å². The number of hydrogen-bond acceptors (Lipinski definition) is 4. The van der Waals surface area contributed by atoms with Gasteiger partial charge in [0.1, 0.15) is 10.9 Å². The van der Waals surface area contributed by atoms with E-state index in [0.717, 1.165) is 5.56 Å². The summed E-state index contributed by atoms with van der Waals surface area (Å²) in [4.78, 5) is 3.94. The summed E-state index contributed by atoms with van der Waals surface area (Å²) in [6.07, 6.45) is 1.33. The van der Waals surface area contributed by atoms with Crippen LogP contribution in [0.15, 0.2) is 36.5 Å². The monoisotopic (exact) mass is 263 g/mol. The molecule has 0 fully saturated rings. The van der Waals surface area contributed by atoms with Gasteiger partial charge in [0.15, 0.2) is 0 Å². The molecule has 0 aliphatic carbocycles. The maximum atomic E-state index is 9.15. The zero-order chi connectivity index (χ0) is 13.1. The van der Waals surface area contributed by atoms with Crippen molar-refractivity contribution >= 4 is 24.2 Å². The third-order valence-electron chi connectivity index (χ3n) is 2.56. The van der Waals surface area contributed by atoms with E-state index in [2.05, 4.69) is 4.98 Å². The van der Waals surface area contributed by atoms with Crippen LogP contribution in [0, 0.1) is 0 Å². The van der Waals surface area contributed by atoms with Crippen LogP contribution in [-0.2, 0) is 0 Å². The predicted octanol–water partition coefficient (Wildman–Crippen LogP) is 1.09. The van der Waals surface area contributed by atoms with Crippen LogP contribution in [0.25, 0.3) is 11.1 Å². The van der Waals surface area contributed by atoms with E-state index < -0.39 is 7.12 Å². The van der Waals surface area contributed by atoms with Gasteiger partial charge in [0, 0.05) is 22.8 Å². The van der Waals surface area contributed by atoms with Crippen molar-refractivity contribution in [1.29, 1.82) is 0 Å². The number of para-hydroxylation sites is 1. The first-order valence-corrected chi connectivity index (χ1v) is 5.66. The highest BCUT2D eigenvalue weighted by molar-refractivity contribution is 6.58. The molecule has 0 radical (unpaired) electrons. The van der Waals surface area contributed by atoms with Crippen molar-refractivity contribution in [2.24, 2.45) is 0 Å². The molecule has 1 heterocycles. The number of pyridine rings is 1. The maximum Gasteiger partial charge on any atom is 0.490 e. The van der Waals surface area contributed by atoms with Crippen molar-refractivity contribution in [2.45, 2.75) is 0 Å². The fraction of sp³-hybridized carbons (Fsp3) is 0.0833. The zero-order valence-electron chi connectivity index (χ0n) is 9.67. The average molecular weight is 263 g/mol. The third-order valence-corrected chi connectivity index (χ3v) is 2.86. The van der Waals surface area contributed by atoms with Crippen LogP contribution in [0.2, 0.25) is 5.15 Å². The van der Waals surface area contributed by atoms with Gasteiger partial charge in [-0.25, -0.2) is 4.98 Å². The van der Waals surface area contributed by atoms with Gasteiger partial charge in [-0.1, -0.05) is 29.8 Å². The number of methoxy groups -OCH3 is 1. The molecule has 2 N–H and O–H groups in total. The van der Waals surface area contributed by atoms with E-state index in [1.807, 2.05) is 18.2 Å². The number of benzene rings is 1. The van der Waals surface area contributed by atoms with E-state index in [9.17, 15) is 0 Å². The van der Waals surface area contributed by atoms with Crippen LogP contribution in [0.1, 0.15) is 0 Å². The lowest BCUT2D eigenvalue weighted by molar-refractivity contribution is 0.416. The molecule has 0 atom stereocenters. The second kappa shape index (κ2) is 5.39. The topological polar surface area (TPSA) is 62.6 Å². The Morgan fingerprint density at radius 1 is 1.22 bits per heavy atom. The number of hydrogen-bond donors (Lipinski definition) is 2. The molecule has 0 amide bonds. The molecule has 2 rings (SSSR count). The van der Waals surface area contributed by atoms with Crippen LogP contribution < -0.4 is 10.2 Å². The highest BCUT2D eigenvalue weighted by Gasteiger charge is 2.16. The van der Waals surface area contributed by atoms with Gasteiger partial charge in [0.05, 0.1) is 7.11 Å². The Morgan fingerprint density at radius 3 is 2.61 bits per heavy atom. The van der Waals surface area contributed by atoms with Gasteiger partial charge < -0.3 is 14.8 Å². The van der Waals surface area contributed by atoms with Crippen molar-refractivity contribution < 1.29 is 14.8 Å². The molecular formula is C12H11BClNO3. The van der Waals surface area contributed by atoms with Crippen LogP contribution in [0.4, 0.5) is 0 Å². The van der Waals surface area contributed by atoms with Gasteiger partial charge in [-0.05, 0) is 12.1 Å². The number of rotatable bonds is 3.